The summed E-state index contributed by atoms with van der Waals surface area (Å²) in [5, 5.41) is 11.8. The van der Waals surface area contributed by atoms with Gasteiger partial charge in [-0.05, 0) is 44.5 Å². The van der Waals surface area contributed by atoms with E-state index in [1.807, 2.05) is 25.2 Å². The van der Waals surface area contributed by atoms with E-state index in [-0.39, 0.29) is 6.61 Å². The summed E-state index contributed by atoms with van der Waals surface area (Å²) in [4.78, 5) is 0. The fourth-order valence-corrected chi connectivity index (χ4v) is 1.90. The number of methoxy groups -OCH3 is 1. The molecular weight excluding hydrogens is 242 g/mol. The molecule has 0 saturated heterocycles. The van der Waals surface area contributed by atoms with Crippen LogP contribution in [-0.2, 0) is 6.54 Å². The van der Waals surface area contributed by atoms with Crippen molar-refractivity contribution < 1.29 is 14.6 Å². The second kappa shape index (κ2) is 9.64. The molecule has 1 rings (SSSR count). The molecule has 1 aromatic carbocycles. The Bertz CT molecular complexity index is 355. The first-order valence-corrected chi connectivity index (χ1v) is 6.87. The van der Waals surface area contributed by atoms with Crippen LogP contribution in [0.15, 0.2) is 18.2 Å². The maximum Gasteiger partial charge on any atom is 0.124 e. The molecule has 0 atom stereocenters. The van der Waals surface area contributed by atoms with E-state index in [4.69, 9.17) is 14.6 Å². The van der Waals surface area contributed by atoms with Crippen LogP contribution in [0.3, 0.4) is 0 Å². The maximum absolute atomic E-state index is 8.70. The molecule has 2 N–H and O–H groups in total. The minimum Gasteiger partial charge on any atom is -0.497 e. The lowest BCUT2D eigenvalue weighted by atomic mass is 10.2. The second-order valence-corrected chi connectivity index (χ2v) is 4.49. The molecule has 0 aromatic heterocycles. The third-order valence-electron chi connectivity index (χ3n) is 2.94. The first kappa shape index (κ1) is 15.8. The van der Waals surface area contributed by atoms with Crippen LogP contribution in [0.25, 0.3) is 0 Å². The van der Waals surface area contributed by atoms with Crippen LogP contribution in [0.4, 0.5) is 0 Å². The summed E-state index contributed by atoms with van der Waals surface area (Å²) in [7, 11) is 3.58. The van der Waals surface area contributed by atoms with E-state index >= 15 is 0 Å². The lowest BCUT2D eigenvalue weighted by Gasteiger charge is -2.12. The van der Waals surface area contributed by atoms with Crippen molar-refractivity contribution in [3.8, 4) is 11.5 Å². The number of hydrogen-bond acceptors (Lipinski definition) is 4. The van der Waals surface area contributed by atoms with Crippen LogP contribution in [0.1, 0.15) is 31.2 Å². The second-order valence-electron chi connectivity index (χ2n) is 4.49. The molecule has 0 heterocycles. The van der Waals surface area contributed by atoms with Gasteiger partial charge in [-0.2, -0.15) is 0 Å². The summed E-state index contributed by atoms with van der Waals surface area (Å²) in [6, 6.07) is 5.87. The van der Waals surface area contributed by atoms with E-state index in [1.165, 1.54) is 0 Å². The summed E-state index contributed by atoms with van der Waals surface area (Å²) in [5.41, 5.74) is 1.11. The fourth-order valence-electron chi connectivity index (χ4n) is 1.90. The predicted molar refractivity (Wildman–Crippen MR) is 76.8 cm³/mol. The van der Waals surface area contributed by atoms with E-state index in [9.17, 15) is 0 Å². The minimum absolute atomic E-state index is 0.283. The summed E-state index contributed by atoms with van der Waals surface area (Å²) < 4.78 is 11.0. The van der Waals surface area contributed by atoms with E-state index in [2.05, 4.69) is 5.32 Å². The highest BCUT2D eigenvalue weighted by Crippen LogP contribution is 2.24. The average molecular weight is 267 g/mol. The molecule has 0 amide bonds. The van der Waals surface area contributed by atoms with Gasteiger partial charge in [0.2, 0.25) is 0 Å². The molecule has 0 radical (unpaired) electrons. The first-order chi connectivity index (χ1) is 9.31. The Hall–Kier alpha value is -1.26. The number of nitrogens with one attached hydrogen (secondary N) is 1. The van der Waals surface area contributed by atoms with Gasteiger partial charge in [-0.25, -0.2) is 0 Å². The van der Waals surface area contributed by atoms with Crippen LogP contribution >= 0.6 is 0 Å². The van der Waals surface area contributed by atoms with Crippen molar-refractivity contribution in [3.63, 3.8) is 0 Å². The first-order valence-electron chi connectivity index (χ1n) is 6.87. The topological polar surface area (TPSA) is 50.7 Å². The van der Waals surface area contributed by atoms with Crippen molar-refractivity contribution in [2.45, 2.75) is 32.2 Å². The normalized spacial score (nSPS) is 10.5. The van der Waals surface area contributed by atoms with E-state index in [0.717, 1.165) is 49.3 Å². The van der Waals surface area contributed by atoms with Gasteiger partial charge in [0.05, 0.1) is 13.7 Å². The highest BCUT2D eigenvalue weighted by atomic mass is 16.5. The van der Waals surface area contributed by atoms with E-state index in [1.54, 1.807) is 7.11 Å². The molecule has 4 nitrogen and oxygen atoms in total. The van der Waals surface area contributed by atoms with Gasteiger partial charge in [-0.15, -0.1) is 0 Å². The van der Waals surface area contributed by atoms with Gasteiger partial charge in [0.15, 0.2) is 0 Å². The fraction of sp³-hybridized carbons (Fsp3) is 0.600. The number of ether oxygens (including phenoxy) is 2. The Labute approximate surface area is 115 Å². The van der Waals surface area contributed by atoms with Gasteiger partial charge in [-0.3, -0.25) is 0 Å². The molecule has 1 aromatic rings. The Kier molecular flexibility index (Phi) is 8.02. The molecule has 0 saturated carbocycles. The van der Waals surface area contributed by atoms with Crippen molar-refractivity contribution in [2.75, 3.05) is 27.4 Å². The quantitative estimate of drug-likeness (QED) is 0.639. The third-order valence-corrected chi connectivity index (χ3v) is 2.94. The SMILES string of the molecule is CNCc1cc(OC)ccc1OCCCCCCO. The standard InChI is InChI=1S/C15H25NO3/c1-16-12-13-11-14(18-2)7-8-15(13)19-10-6-4-3-5-9-17/h7-8,11,16-17H,3-6,9-10,12H2,1-2H3. The van der Waals surface area contributed by atoms with Crippen molar-refractivity contribution in [1.82, 2.24) is 5.32 Å². The van der Waals surface area contributed by atoms with Gasteiger partial charge in [-0.1, -0.05) is 6.42 Å². The minimum atomic E-state index is 0.283. The van der Waals surface area contributed by atoms with Gasteiger partial charge in [0.25, 0.3) is 0 Å². The lowest BCUT2D eigenvalue weighted by Crippen LogP contribution is -2.08. The number of aliphatic hydroxyl groups excluding tert-OH is 1. The van der Waals surface area contributed by atoms with Crippen LogP contribution < -0.4 is 14.8 Å². The number of unbranched alkanes of at least 4 members (excludes halogenated alkanes) is 3. The maximum atomic E-state index is 8.70. The highest BCUT2D eigenvalue weighted by Gasteiger charge is 2.05. The van der Waals surface area contributed by atoms with Crippen molar-refractivity contribution in [2.24, 2.45) is 0 Å². The van der Waals surface area contributed by atoms with Crippen molar-refractivity contribution in [1.29, 1.82) is 0 Å². The number of rotatable bonds is 10. The molecule has 4 heteroatoms. The molecule has 0 fully saturated rings. The summed E-state index contributed by atoms with van der Waals surface area (Å²) >= 11 is 0. The Balaban J connectivity index is 2.43. The number of benzene rings is 1. The average Bonchev–Trinajstić information content (AvgIpc) is 2.44. The summed E-state index contributed by atoms with van der Waals surface area (Å²) in [6.45, 7) is 1.76. The largest absolute Gasteiger partial charge is 0.497 e. The van der Waals surface area contributed by atoms with Gasteiger partial charge in [0.1, 0.15) is 11.5 Å². The van der Waals surface area contributed by atoms with Gasteiger partial charge in [0, 0.05) is 18.7 Å². The van der Waals surface area contributed by atoms with E-state index < -0.39 is 0 Å². The van der Waals surface area contributed by atoms with Crippen LogP contribution in [-0.4, -0.2) is 32.5 Å². The highest BCUT2D eigenvalue weighted by molar-refractivity contribution is 5.40. The van der Waals surface area contributed by atoms with Crippen LogP contribution in [0, 0.1) is 0 Å². The lowest BCUT2D eigenvalue weighted by molar-refractivity contribution is 0.272. The van der Waals surface area contributed by atoms with Crippen LogP contribution in [0.5, 0.6) is 11.5 Å². The molecule has 0 aliphatic carbocycles. The molecule has 0 unspecified atom stereocenters. The molecule has 0 bridgehead atoms. The Morgan fingerprint density at radius 2 is 1.95 bits per heavy atom. The number of aliphatic hydroxyl groups is 1. The zero-order chi connectivity index (χ0) is 13.9. The summed E-state index contributed by atoms with van der Waals surface area (Å²) in [5.74, 6) is 1.76. The Morgan fingerprint density at radius 1 is 1.16 bits per heavy atom. The van der Waals surface area contributed by atoms with E-state index in [0.29, 0.717) is 6.61 Å². The third kappa shape index (κ3) is 5.94. The smallest absolute Gasteiger partial charge is 0.124 e. The zero-order valence-electron chi connectivity index (χ0n) is 11.9. The Morgan fingerprint density at radius 3 is 2.63 bits per heavy atom. The molecule has 0 spiro atoms. The van der Waals surface area contributed by atoms with Crippen molar-refractivity contribution in [3.05, 3.63) is 23.8 Å². The monoisotopic (exact) mass is 267 g/mol. The molecule has 19 heavy (non-hydrogen) atoms. The molecular formula is C15H25NO3. The molecule has 108 valence electrons. The zero-order valence-corrected chi connectivity index (χ0v) is 11.9. The van der Waals surface area contributed by atoms with Crippen LogP contribution in [0.2, 0.25) is 0 Å². The van der Waals surface area contributed by atoms with Gasteiger partial charge < -0.3 is 19.9 Å². The summed E-state index contributed by atoms with van der Waals surface area (Å²) in [6.07, 6.45) is 4.06. The molecule has 0 aliphatic heterocycles. The van der Waals surface area contributed by atoms with Crippen molar-refractivity contribution >= 4 is 0 Å². The number of hydrogen-bond donors (Lipinski definition) is 2. The molecule has 0 aliphatic rings. The van der Waals surface area contributed by atoms with Gasteiger partial charge >= 0.3 is 0 Å². The predicted octanol–water partition coefficient (Wildman–Crippen LogP) is 2.35.